The van der Waals surface area contributed by atoms with Crippen LogP contribution in [0.4, 0.5) is 28.6 Å². The van der Waals surface area contributed by atoms with Gasteiger partial charge in [-0.3, -0.25) is 14.4 Å². The van der Waals surface area contributed by atoms with Crippen LogP contribution in [0.3, 0.4) is 0 Å². The number of rotatable bonds is 6. The lowest BCUT2D eigenvalue weighted by Gasteiger charge is -2.14. The summed E-state index contributed by atoms with van der Waals surface area (Å²) in [6.07, 6.45) is 2.32. The van der Waals surface area contributed by atoms with E-state index >= 15 is 0 Å². The van der Waals surface area contributed by atoms with Crippen LogP contribution in [0.25, 0.3) is 22.5 Å². The molecule has 10 nitrogen and oxygen atoms in total. The fourth-order valence-corrected chi connectivity index (χ4v) is 4.88. The molecule has 0 fully saturated rings. The first-order valence-electron chi connectivity index (χ1n) is 13.4. The van der Waals surface area contributed by atoms with E-state index in [1.807, 2.05) is 49.4 Å². The van der Waals surface area contributed by atoms with Gasteiger partial charge in [0.2, 0.25) is 5.91 Å². The molecule has 0 saturated heterocycles. The molecule has 3 aromatic carbocycles. The molecule has 5 aromatic rings. The first kappa shape index (κ1) is 26.5. The molecule has 0 saturated carbocycles. The predicted molar refractivity (Wildman–Crippen MR) is 163 cm³/mol. The predicted octanol–water partition coefficient (Wildman–Crippen LogP) is 6.22. The van der Waals surface area contributed by atoms with Crippen molar-refractivity contribution in [1.82, 2.24) is 15.0 Å². The number of fused-ring (bicyclic) bond motifs is 2. The van der Waals surface area contributed by atoms with Crippen molar-refractivity contribution in [2.45, 2.75) is 20.3 Å². The number of aromatic nitrogens is 3. The molecule has 3 heterocycles. The number of imidazole rings is 1. The third kappa shape index (κ3) is 5.20. The Bertz CT molecular complexity index is 1860. The van der Waals surface area contributed by atoms with Gasteiger partial charge in [-0.25, -0.2) is 9.97 Å². The number of carbonyl (C=O) groups is 3. The van der Waals surface area contributed by atoms with Crippen molar-refractivity contribution >= 4 is 46.3 Å². The van der Waals surface area contributed by atoms with E-state index in [9.17, 15) is 14.4 Å². The van der Waals surface area contributed by atoms with Gasteiger partial charge in [0, 0.05) is 36.4 Å². The maximum Gasteiger partial charge on any atom is 0.257 e. The molecule has 2 aromatic heterocycles. The van der Waals surface area contributed by atoms with E-state index in [4.69, 9.17) is 4.98 Å². The minimum atomic E-state index is -0.373. The first-order chi connectivity index (χ1) is 20.4. The van der Waals surface area contributed by atoms with E-state index in [1.54, 1.807) is 42.6 Å². The third-order valence-electron chi connectivity index (χ3n) is 6.82. The maximum absolute atomic E-state index is 13.5. The number of benzene rings is 3. The van der Waals surface area contributed by atoms with Crippen molar-refractivity contribution in [3.63, 3.8) is 0 Å². The van der Waals surface area contributed by atoms with Gasteiger partial charge >= 0.3 is 0 Å². The summed E-state index contributed by atoms with van der Waals surface area (Å²) >= 11 is 0. The molecule has 0 atom stereocenters. The van der Waals surface area contributed by atoms with Crippen LogP contribution in [0.2, 0.25) is 0 Å². The molecular weight excluding hydrogens is 530 g/mol. The van der Waals surface area contributed by atoms with Crippen LogP contribution in [0.1, 0.15) is 40.4 Å². The second-order valence-corrected chi connectivity index (χ2v) is 9.76. The number of pyridine rings is 1. The number of nitrogens with one attached hydrogen (secondary N) is 5. The van der Waals surface area contributed by atoms with Crippen LogP contribution < -0.4 is 21.3 Å². The van der Waals surface area contributed by atoms with Gasteiger partial charge < -0.3 is 26.3 Å². The molecule has 5 N–H and O–H groups in total. The van der Waals surface area contributed by atoms with Crippen molar-refractivity contribution in [3.8, 4) is 22.5 Å². The molecule has 1 aliphatic rings. The molecule has 0 spiro atoms. The van der Waals surface area contributed by atoms with Crippen LogP contribution >= 0.6 is 0 Å². The molecule has 0 aliphatic carbocycles. The lowest BCUT2D eigenvalue weighted by molar-refractivity contribution is -0.114. The van der Waals surface area contributed by atoms with Crippen molar-refractivity contribution in [2.24, 2.45) is 0 Å². The summed E-state index contributed by atoms with van der Waals surface area (Å²) in [6, 6.07) is 23.5. The fraction of sp³-hybridized carbons (Fsp3) is 0.0938. The van der Waals surface area contributed by atoms with E-state index in [0.717, 1.165) is 22.6 Å². The highest BCUT2D eigenvalue weighted by atomic mass is 16.2. The highest BCUT2D eigenvalue weighted by Crippen LogP contribution is 2.36. The van der Waals surface area contributed by atoms with Gasteiger partial charge in [0.25, 0.3) is 11.8 Å². The molecule has 0 unspecified atom stereocenters. The Morgan fingerprint density at radius 3 is 2.50 bits per heavy atom. The lowest BCUT2D eigenvalue weighted by atomic mass is 10.0. The number of nitrogens with zero attached hydrogens (tertiary/aromatic N) is 2. The average Bonchev–Trinajstić information content (AvgIpc) is 3.37. The summed E-state index contributed by atoms with van der Waals surface area (Å²) in [4.78, 5) is 50.4. The Labute approximate surface area is 241 Å². The molecule has 6 rings (SSSR count). The largest absolute Gasteiger partial charge is 0.353 e. The Balaban J connectivity index is 1.31. The quantitative estimate of drug-likeness (QED) is 0.168. The number of hydrogen-bond acceptors (Lipinski definition) is 6. The summed E-state index contributed by atoms with van der Waals surface area (Å²) in [5, 5.41) is 11.8. The number of anilines is 5. The number of carbonyl (C=O) groups excluding carboxylic acids is 3. The lowest BCUT2D eigenvalue weighted by Crippen LogP contribution is -2.17. The second kappa shape index (κ2) is 11.0. The van der Waals surface area contributed by atoms with E-state index in [-0.39, 0.29) is 17.7 Å². The van der Waals surface area contributed by atoms with E-state index in [2.05, 4.69) is 31.2 Å². The summed E-state index contributed by atoms with van der Waals surface area (Å²) in [7, 11) is 0. The summed E-state index contributed by atoms with van der Waals surface area (Å²) < 4.78 is 0. The first-order valence-corrected chi connectivity index (χ1v) is 13.4. The van der Waals surface area contributed by atoms with Crippen molar-refractivity contribution in [1.29, 1.82) is 0 Å². The Morgan fingerprint density at radius 2 is 1.67 bits per heavy atom. The van der Waals surface area contributed by atoms with Gasteiger partial charge in [-0.2, -0.15) is 0 Å². The Kier molecular flexibility index (Phi) is 6.93. The van der Waals surface area contributed by atoms with Gasteiger partial charge in [0.15, 0.2) is 0 Å². The molecule has 208 valence electrons. The SMILES string of the molecule is CCc1nc(-c2cccc(NC(=O)c3cccc4c3NC(=O)c3ccccc3N4)c2)c(-c2ccnc(NC(C)=O)c2)[nH]1. The van der Waals surface area contributed by atoms with Crippen LogP contribution in [0, 0.1) is 0 Å². The highest BCUT2D eigenvalue weighted by Gasteiger charge is 2.23. The Hall–Kier alpha value is -5.77. The standard InChI is InChI=1S/C32H27N7O3/c1-3-26-37-28(29(38-26)20-14-15-33-27(17-20)34-18(2)40)19-8-6-9-21(16-19)35-32(42)23-11-7-13-25-30(23)39-31(41)22-10-4-5-12-24(22)36-25/h4-17,36H,3H2,1-2H3,(H,35,42)(H,37,38)(H,39,41)(H,33,34,40). The number of para-hydroxylation sites is 2. The molecule has 10 heteroatoms. The minimum absolute atomic E-state index is 0.211. The Morgan fingerprint density at radius 1 is 0.857 bits per heavy atom. The fourth-order valence-electron chi connectivity index (χ4n) is 4.88. The number of amides is 3. The minimum Gasteiger partial charge on any atom is -0.353 e. The number of hydrogen-bond donors (Lipinski definition) is 5. The normalized spacial score (nSPS) is 11.8. The van der Waals surface area contributed by atoms with Gasteiger partial charge in [0.1, 0.15) is 11.6 Å². The number of aryl methyl sites for hydroxylation is 1. The monoisotopic (exact) mass is 557 g/mol. The molecule has 0 radical (unpaired) electrons. The van der Waals surface area contributed by atoms with Crippen LogP contribution in [-0.4, -0.2) is 32.7 Å². The molecular formula is C32H27N7O3. The smallest absolute Gasteiger partial charge is 0.257 e. The number of H-pyrrole nitrogens is 1. The zero-order valence-corrected chi connectivity index (χ0v) is 22.9. The van der Waals surface area contributed by atoms with Gasteiger partial charge in [-0.15, -0.1) is 0 Å². The average molecular weight is 558 g/mol. The zero-order chi connectivity index (χ0) is 29.2. The van der Waals surface area contributed by atoms with Crippen molar-refractivity contribution < 1.29 is 14.4 Å². The number of aromatic amines is 1. The summed E-state index contributed by atoms with van der Waals surface area (Å²) in [5.74, 6) is 0.351. The van der Waals surface area contributed by atoms with Crippen LogP contribution in [0.5, 0.6) is 0 Å². The molecule has 42 heavy (non-hydrogen) atoms. The second-order valence-electron chi connectivity index (χ2n) is 9.76. The maximum atomic E-state index is 13.5. The van der Waals surface area contributed by atoms with E-state index < -0.39 is 0 Å². The highest BCUT2D eigenvalue weighted by molar-refractivity contribution is 6.18. The van der Waals surface area contributed by atoms with Crippen LogP contribution in [0.15, 0.2) is 85.1 Å². The van der Waals surface area contributed by atoms with Crippen molar-refractivity contribution in [2.75, 3.05) is 21.3 Å². The van der Waals surface area contributed by atoms with E-state index in [0.29, 0.717) is 51.8 Å². The molecule has 3 amide bonds. The summed E-state index contributed by atoms with van der Waals surface area (Å²) in [5.41, 5.74) is 6.13. The topological polar surface area (TPSA) is 141 Å². The molecule has 1 aliphatic heterocycles. The van der Waals surface area contributed by atoms with Gasteiger partial charge in [0.05, 0.1) is 39.6 Å². The van der Waals surface area contributed by atoms with Crippen molar-refractivity contribution in [3.05, 3.63) is 102 Å². The third-order valence-corrected chi connectivity index (χ3v) is 6.82. The van der Waals surface area contributed by atoms with Gasteiger partial charge in [-0.1, -0.05) is 37.3 Å². The molecule has 0 bridgehead atoms. The van der Waals surface area contributed by atoms with Crippen LogP contribution in [-0.2, 0) is 11.2 Å². The summed E-state index contributed by atoms with van der Waals surface area (Å²) in [6.45, 7) is 3.44. The van der Waals surface area contributed by atoms with E-state index in [1.165, 1.54) is 6.92 Å². The van der Waals surface area contributed by atoms with Gasteiger partial charge in [-0.05, 0) is 48.5 Å². The zero-order valence-electron chi connectivity index (χ0n) is 22.9.